The van der Waals surface area contributed by atoms with Crippen molar-refractivity contribution >= 4 is 0 Å². The molecule has 0 N–H and O–H groups in total. The molecule has 8 aliphatic rings. The van der Waals surface area contributed by atoms with Crippen LogP contribution in [0.3, 0.4) is 0 Å². The first kappa shape index (κ1) is 12.9. The fourth-order valence-corrected chi connectivity index (χ4v) is 9.75. The van der Waals surface area contributed by atoms with Gasteiger partial charge in [0.1, 0.15) is 0 Å². The smallest absolute Gasteiger partial charge is 0.0664 e. The highest BCUT2D eigenvalue weighted by Gasteiger charge is 2.68. The summed E-state index contributed by atoms with van der Waals surface area (Å²) in [7, 11) is 0. The lowest BCUT2D eigenvalue weighted by Gasteiger charge is -2.71. The SMILES string of the molecule is N#CC1C2CC3CC(C2)CC1(C12CC4CC(CC(C4)C1)C2)C3. The van der Waals surface area contributed by atoms with Crippen molar-refractivity contribution in [1.29, 1.82) is 5.26 Å². The highest BCUT2D eigenvalue weighted by molar-refractivity contribution is 5.20. The van der Waals surface area contributed by atoms with Gasteiger partial charge in [0, 0.05) is 0 Å². The van der Waals surface area contributed by atoms with E-state index in [0.717, 1.165) is 35.5 Å². The number of nitriles is 1. The zero-order valence-corrected chi connectivity index (χ0v) is 13.8. The first-order valence-corrected chi connectivity index (χ1v) is 10.1. The van der Waals surface area contributed by atoms with E-state index in [1.165, 1.54) is 51.4 Å². The maximum absolute atomic E-state index is 10.1. The fraction of sp³-hybridized carbons (Fsp3) is 0.952. The minimum atomic E-state index is 0.427. The average Bonchev–Trinajstić information content (AvgIpc) is 2.45. The van der Waals surface area contributed by atoms with Gasteiger partial charge in [0.2, 0.25) is 0 Å². The molecule has 8 fully saturated rings. The Bertz CT molecular complexity index is 505. The van der Waals surface area contributed by atoms with Gasteiger partial charge in [-0.2, -0.15) is 5.26 Å². The summed E-state index contributed by atoms with van der Waals surface area (Å²) < 4.78 is 0. The molecule has 8 aliphatic carbocycles. The lowest BCUT2D eigenvalue weighted by molar-refractivity contribution is -0.218. The van der Waals surface area contributed by atoms with Gasteiger partial charge in [-0.15, -0.1) is 0 Å². The summed E-state index contributed by atoms with van der Waals surface area (Å²) in [4.78, 5) is 0. The van der Waals surface area contributed by atoms with Crippen LogP contribution in [0.5, 0.6) is 0 Å². The zero-order chi connectivity index (χ0) is 14.5. The summed E-state index contributed by atoms with van der Waals surface area (Å²) in [5, 5.41) is 10.1. The molecule has 0 aromatic heterocycles. The molecule has 8 bridgehead atoms. The van der Waals surface area contributed by atoms with E-state index in [4.69, 9.17) is 0 Å². The summed E-state index contributed by atoms with van der Waals surface area (Å²) in [6, 6.07) is 2.91. The molecule has 0 aromatic rings. The number of hydrogen-bond acceptors (Lipinski definition) is 1. The average molecular weight is 295 g/mol. The van der Waals surface area contributed by atoms with Crippen LogP contribution >= 0.6 is 0 Å². The van der Waals surface area contributed by atoms with Crippen LogP contribution in [0.1, 0.15) is 70.6 Å². The van der Waals surface area contributed by atoms with Crippen LogP contribution in [0.2, 0.25) is 0 Å². The Balaban J connectivity index is 1.49. The molecule has 0 heterocycles. The predicted octanol–water partition coefficient (Wildman–Crippen LogP) is 5.17. The molecule has 0 aliphatic heterocycles. The minimum absolute atomic E-state index is 0.427. The van der Waals surface area contributed by atoms with Crippen LogP contribution in [-0.2, 0) is 0 Å². The monoisotopic (exact) mass is 295 g/mol. The Morgan fingerprint density at radius 1 is 0.636 bits per heavy atom. The third kappa shape index (κ3) is 1.38. The molecule has 1 heteroatoms. The van der Waals surface area contributed by atoms with Crippen LogP contribution in [0.15, 0.2) is 0 Å². The van der Waals surface area contributed by atoms with Gasteiger partial charge in [-0.25, -0.2) is 0 Å². The molecule has 0 amide bonds. The maximum atomic E-state index is 10.1. The first-order chi connectivity index (χ1) is 10.7. The van der Waals surface area contributed by atoms with E-state index < -0.39 is 0 Å². The molecule has 0 saturated heterocycles. The zero-order valence-electron chi connectivity index (χ0n) is 13.8. The Morgan fingerprint density at radius 2 is 1.09 bits per heavy atom. The topological polar surface area (TPSA) is 23.8 Å². The quantitative estimate of drug-likeness (QED) is 0.654. The van der Waals surface area contributed by atoms with Gasteiger partial charge in [-0.1, -0.05) is 0 Å². The van der Waals surface area contributed by atoms with Gasteiger partial charge in [-0.3, -0.25) is 0 Å². The van der Waals surface area contributed by atoms with E-state index in [0.29, 0.717) is 16.7 Å². The van der Waals surface area contributed by atoms with Crippen molar-refractivity contribution in [3.8, 4) is 6.07 Å². The third-order valence-corrected chi connectivity index (χ3v) is 9.54. The van der Waals surface area contributed by atoms with Gasteiger partial charge in [0.25, 0.3) is 0 Å². The molecular formula is C21H29N. The van der Waals surface area contributed by atoms with Crippen molar-refractivity contribution < 1.29 is 0 Å². The van der Waals surface area contributed by atoms with Gasteiger partial charge in [0.05, 0.1) is 12.0 Å². The van der Waals surface area contributed by atoms with Crippen molar-refractivity contribution in [3.63, 3.8) is 0 Å². The molecule has 22 heavy (non-hydrogen) atoms. The standard InChI is InChI=1S/C21H29N/c22-12-19-18-5-16-4-17(6-18)11-21(19,10-16)20-7-13-1-14(8-20)3-15(2-13)9-20/h13-19H,1-11H2. The van der Waals surface area contributed by atoms with Crippen LogP contribution in [0.25, 0.3) is 0 Å². The Hall–Kier alpha value is -0.510. The molecule has 0 radical (unpaired) electrons. The number of rotatable bonds is 1. The normalized spacial score (nSPS) is 64.0. The van der Waals surface area contributed by atoms with Crippen molar-refractivity contribution in [3.05, 3.63) is 0 Å². The van der Waals surface area contributed by atoms with E-state index in [1.54, 1.807) is 19.3 Å². The van der Waals surface area contributed by atoms with Crippen molar-refractivity contribution in [2.24, 2.45) is 52.3 Å². The lowest BCUT2D eigenvalue weighted by atomic mass is 9.32. The summed E-state index contributed by atoms with van der Waals surface area (Å²) in [5.41, 5.74) is 1.07. The predicted molar refractivity (Wildman–Crippen MR) is 85.7 cm³/mol. The van der Waals surface area contributed by atoms with Crippen LogP contribution in [0.4, 0.5) is 0 Å². The van der Waals surface area contributed by atoms with E-state index >= 15 is 0 Å². The first-order valence-electron chi connectivity index (χ1n) is 10.1. The van der Waals surface area contributed by atoms with Gasteiger partial charge in [-0.05, 0) is 117 Å². The highest BCUT2D eigenvalue weighted by Crippen LogP contribution is 2.76. The maximum Gasteiger partial charge on any atom is 0.0664 e. The van der Waals surface area contributed by atoms with Gasteiger partial charge in [0.15, 0.2) is 0 Å². The molecule has 8 saturated carbocycles. The Morgan fingerprint density at radius 3 is 1.55 bits per heavy atom. The number of nitrogens with zero attached hydrogens (tertiary/aromatic N) is 1. The van der Waals surface area contributed by atoms with Gasteiger partial charge < -0.3 is 0 Å². The second kappa shape index (κ2) is 3.93. The second-order valence-electron chi connectivity index (χ2n) is 10.6. The van der Waals surface area contributed by atoms with E-state index in [9.17, 15) is 5.26 Å². The summed E-state index contributed by atoms with van der Waals surface area (Å²) in [6.45, 7) is 0. The van der Waals surface area contributed by atoms with Crippen LogP contribution in [-0.4, -0.2) is 0 Å². The van der Waals surface area contributed by atoms with Gasteiger partial charge >= 0.3 is 0 Å². The molecule has 8 rings (SSSR count). The number of hydrogen-bond donors (Lipinski definition) is 0. The fourth-order valence-electron chi connectivity index (χ4n) is 9.75. The summed E-state index contributed by atoms with van der Waals surface area (Å²) in [5.74, 6) is 6.32. The highest BCUT2D eigenvalue weighted by atomic mass is 14.7. The molecule has 0 spiro atoms. The van der Waals surface area contributed by atoms with Crippen LogP contribution in [0, 0.1) is 63.6 Å². The van der Waals surface area contributed by atoms with E-state index in [2.05, 4.69) is 6.07 Å². The van der Waals surface area contributed by atoms with Crippen molar-refractivity contribution in [2.45, 2.75) is 70.6 Å². The molecule has 118 valence electrons. The lowest BCUT2D eigenvalue weighted by Crippen LogP contribution is -2.64. The van der Waals surface area contributed by atoms with Crippen molar-refractivity contribution in [2.75, 3.05) is 0 Å². The Labute approximate surface area is 134 Å². The van der Waals surface area contributed by atoms with Crippen molar-refractivity contribution in [1.82, 2.24) is 0 Å². The van der Waals surface area contributed by atoms with Crippen LogP contribution < -0.4 is 0 Å². The molecule has 1 nitrogen and oxygen atoms in total. The second-order valence-corrected chi connectivity index (χ2v) is 10.6. The minimum Gasteiger partial charge on any atom is -0.198 e. The Kier molecular flexibility index (Phi) is 2.30. The van der Waals surface area contributed by atoms with E-state index in [-0.39, 0.29) is 0 Å². The third-order valence-electron chi connectivity index (χ3n) is 9.54. The molecular weight excluding hydrogens is 266 g/mol. The molecule has 3 unspecified atom stereocenters. The summed E-state index contributed by atoms with van der Waals surface area (Å²) >= 11 is 0. The summed E-state index contributed by atoms with van der Waals surface area (Å²) in [6.07, 6.45) is 16.4. The largest absolute Gasteiger partial charge is 0.198 e. The molecule has 3 atom stereocenters. The van der Waals surface area contributed by atoms with E-state index in [1.807, 2.05) is 0 Å². The molecule has 0 aromatic carbocycles.